The Morgan fingerprint density at radius 1 is 1.10 bits per heavy atom. The first kappa shape index (κ1) is 27.1. The Balaban J connectivity index is 1.35. The molecule has 3 aromatic heterocycles. The second-order valence-corrected chi connectivity index (χ2v) is 9.11. The second kappa shape index (κ2) is 12.2. The monoisotopic (exact) mass is 571 g/mol. The summed E-state index contributed by atoms with van der Waals surface area (Å²) in [6, 6.07) is 16.4. The van der Waals surface area contributed by atoms with Gasteiger partial charge in [-0.2, -0.15) is 9.67 Å². The Hall–Kier alpha value is -5.43. The number of esters is 1. The van der Waals surface area contributed by atoms with E-state index in [1.54, 1.807) is 24.3 Å². The van der Waals surface area contributed by atoms with Crippen LogP contribution in [0.15, 0.2) is 79.3 Å². The lowest BCUT2D eigenvalue weighted by molar-refractivity contribution is -0.123. The van der Waals surface area contributed by atoms with E-state index in [-0.39, 0.29) is 17.9 Å². The molecular formula is C27H22ClN9O4. The second-order valence-electron chi connectivity index (χ2n) is 8.68. The van der Waals surface area contributed by atoms with E-state index in [1.165, 1.54) is 47.0 Å². The van der Waals surface area contributed by atoms with Crippen LogP contribution in [0.5, 0.6) is 0 Å². The molecule has 2 N–H and O–H groups in total. The van der Waals surface area contributed by atoms with Crippen molar-refractivity contribution < 1.29 is 19.1 Å². The quantitative estimate of drug-likeness (QED) is 0.200. The van der Waals surface area contributed by atoms with Crippen molar-refractivity contribution >= 4 is 47.1 Å². The maximum Gasteiger partial charge on any atom is 0.338 e. The van der Waals surface area contributed by atoms with Gasteiger partial charge in [-0.05, 0) is 52.4 Å². The van der Waals surface area contributed by atoms with Gasteiger partial charge in [-0.1, -0.05) is 41.9 Å². The molecule has 0 bridgehead atoms. The smallest absolute Gasteiger partial charge is 0.338 e. The Bertz CT molecular complexity index is 1740. The minimum atomic E-state index is -0.967. The highest BCUT2D eigenvalue weighted by Crippen LogP contribution is 2.20. The molecule has 0 radical (unpaired) electrons. The van der Waals surface area contributed by atoms with Crippen LogP contribution in [-0.4, -0.2) is 65.7 Å². The van der Waals surface area contributed by atoms with E-state index >= 15 is 0 Å². The number of fused-ring (bicyclic) bond motifs is 1. The Kier molecular flexibility index (Phi) is 8.06. The lowest BCUT2D eigenvalue weighted by Gasteiger charge is -2.17. The molecule has 0 aliphatic rings. The molecule has 0 aliphatic heterocycles. The summed E-state index contributed by atoms with van der Waals surface area (Å²) in [4.78, 5) is 42.4. The third-order valence-electron chi connectivity index (χ3n) is 5.91. The summed E-state index contributed by atoms with van der Waals surface area (Å²) in [6.07, 6.45) is 6.00. The minimum Gasteiger partial charge on any atom is -0.465 e. The maximum atomic E-state index is 13.3. The van der Waals surface area contributed by atoms with Crippen LogP contribution in [-0.2, 0) is 20.7 Å². The zero-order valence-corrected chi connectivity index (χ0v) is 22.3. The molecule has 0 aliphatic carbocycles. The van der Waals surface area contributed by atoms with Crippen LogP contribution in [0.2, 0.25) is 5.02 Å². The molecule has 41 heavy (non-hydrogen) atoms. The van der Waals surface area contributed by atoms with Crippen LogP contribution < -0.4 is 10.6 Å². The topological polar surface area (TPSA) is 158 Å². The molecule has 1 atom stereocenters. The number of amides is 2. The molecule has 2 aromatic carbocycles. The number of pyridine rings is 1. The third kappa shape index (κ3) is 6.59. The summed E-state index contributed by atoms with van der Waals surface area (Å²) in [6.45, 7) is 0. The number of nitrogens with one attached hydrogen (secondary N) is 2. The van der Waals surface area contributed by atoms with E-state index in [0.717, 1.165) is 5.56 Å². The van der Waals surface area contributed by atoms with Gasteiger partial charge in [0.05, 0.1) is 18.4 Å². The first-order valence-corrected chi connectivity index (χ1v) is 12.6. The van der Waals surface area contributed by atoms with Crippen LogP contribution in [0.1, 0.15) is 21.5 Å². The number of tetrazole rings is 1. The van der Waals surface area contributed by atoms with Gasteiger partial charge in [-0.25, -0.2) is 9.31 Å². The number of ether oxygens (including phenoxy) is 1. The first-order chi connectivity index (χ1) is 19.9. The highest BCUT2D eigenvalue weighted by molar-refractivity contribution is 6.30. The van der Waals surface area contributed by atoms with Crippen LogP contribution >= 0.6 is 11.6 Å². The van der Waals surface area contributed by atoms with Gasteiger partial charge < -0.3 is 10.1 Å². The standard InChI is InChI=1S/C27H22ClN9O4/c1-41-26(40)19-11-12-36-23(15-19)31-27(33-36)32-25(39)21(13-17-5-3-2-4-6-17)30-24(38)10-7-18-14-20(28)8-9-22(18)37-16-29-34-35-37/h2-12,14-16,21H,13H2,1H3,(H,30,38)(H,32,33,39)/b10-7+/t21-/m0/s1. The highest BCUT2D eigenvalue weighted by Gasteiger charge is 2.22. The summed E-state index contributed by atoms with van der Waals surface area (Å²) in [5.41, 5.74) is 2.64. The summed E-state index contributed by atoms with van der Waals surface area (Å²) in [7, 11) is 1.28. The van der Waals surface area contributed by atoms with Gasteiger partial charge in [-0.3, -0.25) is 14.9 Å². The fourth-order valence-electron chi connectivity index (χ4n) is 3.96. The van der Waals surface area contributed by atoms with Gasteiger partial charge in [0.2, 0.25) is 17.8 Å². The van der Waals surface area contributed by atoms with Crippen molar-refractivity contribution in [2.45, 2.75) is 12.5 Å². The molecule has 2 amide bonds. The molecular weight excluding hydrogens is 550 g/mol. The molecule has 14 heteroatoms. The Morgan fingerprint density at radius 2 is 1.93 bits per heavy atom. The highest BCUT2D eigenvalue weighted by atomic mass is 35.5. The van der Waals surface area contributed by atoms with Crippen LogP contribution in [0.4, 0.5) is 5.95 Å². The molecule has 3 heterocycles. The third-order valence-corrected chi connectivity index (χ3v) is 6.14. The van der Waals surface area contributed by atoms with Crippen molar-refractivity contribution in [1.82, 2.24) is 40.1 Å². The van der Waals surface area contributed by atoms with Crippen molar-refractivity contribution in [3.63, 3.8) is 0 Å². The summed E-state index contributed by atoms with van der Waals surface area (Å²) < 4.78 is 7.58. The Morgan fingerprint density at radius 3 is 2.68 bits per heavy atom. The van der Waals surface area contributed by atoms with Crippen molar-refractivity contribution in [1.29, 1.82) is 0 Å². The zero-order chi connectivity index (χ0) is 28.8. The summed E-state index contributed by atoms with van der Waals surface area (Å²) in [5, 5.41) is 21.3. The molecule has 5 aromatic rings. The minimum absolute atomic E-state index is 0.00452. The molecule has 0 fully saturated rings. The van der Waals surface area contributed by atoms with Gasteiger partial charge in [-0.15, -0.1) is 10.2 Å². The van der Waals surface area contributed by atoms with Gasteiger partial charge in [0.15, 0.2) is 5.65 Å². The van der Waals surface area contributed by atoms with Crippen molar-refractivity contribution in [3.05, 3.63) is 101 Å². The van der Waals surface area contributed by atoms with Gasteiger partial charge >= 0.3 is 5.97 Å². The number of halogens is 1. The van der Waals surface area contributed by atoms with E-state index in [9.17, 15) is 14.4 Å². The van der Waals surface area contributed by atoms with Crippen molar-refractivity contribution in [3.8, 4) is 5.69 Å². The van der Waals surface area contributed by atoms with Crippen LogP contribution in [0.3, 0.4) is 0 Å². The van der Waals surface area contributed by atoms with Gasteiger partial charge in [0.25, 0.3) is 0 Å². The van der Waals surface area contributed by atoms with Crippen LogP contribution in [0.25, 0.3) is 17.4 Å². The summed E-state index contributed by atoms with van der Waals surface area (Å²) in [5.74, 6) is -1.57. The SMILES string of the molecule is COC(=O)c1ccn2nc(NC(=O)[C@H](Cc3ccccc3)NC(=O)/C=C/c3cc(Cl)ccc3-n3cnnn3)nc2c1. The molecule has 13 nitrogen and oxygen atoms in total. The zero-order valence-electron chi connectivity index (χ0n) is 21.5. The number of hydrogen-bond acceptors (Lipinski definition) is 9. The largest absolute Gasteiger partial charge is 0.465 e. The predicted molar refractivity (Wildman–Crippen MR) is 148 cm³/mol. The molecule has 5 rings (SSSR count). The number of aromatic nitrogens is 7. The lowest BCUT2D eigenvalue weighted by Crippen LogP contribution is -2.44. The van der Waals surface area contributed by atoms with Crippen molar-refractivity contribution in [2.24, 2.45) is 0 Å². The van der Waals surface area contributed by atoms with Gasteiger partial charge in [0, 0.05) is 29.3 Å². The predicted octanol–water partition coefficient (Wildman–Crippen LogP) is 2.52. The molecule has 0 saturated heterocycles. The number of carbonyl (C=O) groups is 3. The fourth-order valence-corrected chi connectivity index (χ4v) is 4.14. The number of rotatable bonds is 9. The maximum absolute atomic E-state index is 13.3. The fraction of sp³-hybridized carbons (Fsp3) is 0.111. The average Bonchev–Trinajstić information content (AvgIpc) is 3.65. The Labute approximate surface area is 237 Å². The number of hydrogen-bond donors (Lipinski definition) is 2. The van der Waals surface area contributed by atoms with Crippen LogP contribution in [0, 0.1) is 0 Å². The molecule has 206 valence electrons. The molecule has 0 saturated carbocycles. The van der Waals surface area contributed by atoms with E-state index in [0.29, 0.717) is 21.9 Å². The lowest BCUT2D eigenvalue weighted by atomic mass is 10.1. The summed E-state index contributed by atoms with van der Waals surface area (Å²) >= 11 is 6.16. The molecule has 0 spiro atoms. The van der Waals surface area contributed by atoms with Crippen molar-refractivity contribution in [2.75, 3.05) is 12.4 Å². The first-order valence-electron chi connectivity index (χ1n) is 12.2. The molecule has 0 unspecified atom stereocenters. The number of methoxy groups -OCH3 is 1. The normalized spacial score (nSPS) is 11.9. The van der Waals surface area contributed by atoms with Gasteiger partial charge in [0.1, 0.15) is 12.4 Å². The van der Waals surface area contributed by atoms with E-state index in [4.69, 9.17) is 16.3 Å². The number of benzene rings is 2. The van der Waals surface area contributed by atoms with E-state index in [2.05, 4.69) is 36.2 Å². The van der Waals surface area contributed by atoms with E-state index in [1.807, 2.05) is 30.3 Å². The van der Waals surface area contributed by atoms with E-state index < -0.39 is 23.8 Å². The number of anilines is 1. The average molecular weight is 572 g/mol. The number of nitrogens with zero attached hydrogens (tertiary/aromatic N) is 7. The number of carbonyl (C=O) groups excluding carboxylic acids is 3.